The first kappa shape index (κ1) is 27.1. The third kappa shape index (κ3) is 5.09. The number of benzene rings is 3. The molecule has 0 radical (unpaired) electrons. The van der Waals surface area contributed by atoms with Crippen LogP contribution in [0.4, 0.5) is 19.0 Å². The van der Waals surface area contributed by atoms with Gasteiger partial charge in [0.15, 0.2) is 5.82 Å². The molecule has 0 saturated heterocycles. The lowest BCUT2D eigenvalue weighted by atomic mass is 9.70. The van der Waals surface area contributed by atoms with Gasteiger partial charge in [0.25, 0.3) is 10.0 Å². The molecule has 206 valence electrons. The van der Waals surface area contributed by atoms with Crippen molar-refractivity contribution in [3.63, 3.8) is 0 Å². The average Bonchev–Trinajstić information content (AvgIpc) is 2.92. The van der Waals surface area contributed by atoms with Gasteiger partial charge in [0.2, 0.25) is 0 Å². The Morgan fingerprint density at radius 3 is 2.40 bits per heavy atom. The second kappa shape index (κ2) is 9.94. The third-order valence-electron chi connectivity index (χ3n) is 6.91. The number of carboxylic acids is 1. The number of nitrogens with one attached hydrogen (secondary N) is 1. The Labute approximate surface area is 227 Å². The van der Waals surface area contributed by atoms with E-state index < -0.39 is 33.1 Å². The first-order chi connectivity index (χ1) is 18.9. The van der Waals surface area contributed by atoms with Crippen LogP contribution in [0.2, 0.25) is 0 Å². The number of aromatic nitrogens is 2. The molecule has 8 nitrogen and oxygen atoms in total. The molecule has 3 aromatic carbocycles. The van der Waals surface area contributed by atoms with Crippen LogP contribution in [0.1, 0.15) is 40.4 Å². The van der Waals surface area contributed by atoms with E-state index in [2.05, 4.69) is 14.9 Å². The summed E-state index contributed by atoms with van der Waals surface area (Å²) in [4.78, 5) is 11.2. The van der Waals surface area contributed by atoms with Gasteiger partial charge in [-0.15, -0.1) is 5.10 Å². The number of fused-ring (bicyclic) bond motifs is 1. The van der Waals surface area contributed by atoms with Crippen molar-refractivity contribution in [2.45, 2.75) is 29.8 Å². The van der Waals surface area contributed by atoms with Crippen LogP contribution in [0.3, 0.4) is 0 Å². The zero-order chi connectivity index (χ0) is 28.7. The summed E-state index contributed by atoms with van der Waals surface area (Å²) in [5.41, 5.74) is 0.140. The fourth-order valence-electron chi connectivity index (χ4n) is 4.81. The zero-order valence-corrected chi connectivity index (χ0v) is 21.8. The maximum Gasteiger partial charge on any atom is 0.416 e. The normalized spacial score (nSPS) is 17.0. The molecule has 40 heavy (non-hydrogen) atoms. The number of carboxylic acid groups (broad SMARTS) is 1. The summed E-state index contributed by atoms with van der Waals surface area (Å²) >= 11 is 0. The van der Waals surface area contributed by atoms with Crippen molar-refractivity contribution in [2.75, 3.05) is 11.3 Å². The van der Waals surface area contributed by atoms with Gasteiger partial charge in [-0.2, -0.15) is 18.3 Å². The van der Waals surface area contributed by atoms with Gasteiger partial charge in [0.05, 0.1) is 22.6 Å². The SMILES string of the molecule is C[C@@]1(c2ccc(C(F)(F)F)cc2-c2ccc(C(=O)O)cc2)CCOc2cc(S(=O)(=O)Nc3cccnn3)ccc21. The number of ether oxygens (including phenoxy) is 1. The van der Waals surface area contributed by atoms with Crippen molar-refractivity contribution < 1.29 is 36.2 Å². The van der Waals surface area contributed by atoms with Gasteiger partial charge in [-0.1, -0.05) is 31.2 Å². The van der Waals surface area contributed by atoms with Crippen LogP contribution < -0.4 is 9.46 Å². The summed E-state index contributed by atoms with van der Waals surface area (Å²) in [6.07, 6.45) is -2.79. The highest BCUT2D eigenvalue weighted by Crippen LogP contribution is 2.48. The van der Waals surface area contributed by atoms with Gasteiger partial charge in [-0.25, -0.2) is 13.2 Å². The zero-order valence-electron chi connectivity index (χ0n) is 20.9. The number of sulfonamides is 1. The van der Waals surface area contributed by atoms with Crippen LogP contribution >= 0.6 is 0 Å². The van der Waals surface area contributed by atoms with Gasteiger partial charge in [-0.05, 0) is 65.6 Å². The number of halogens is 3. The van der Waals surface area contributed by atoms with Crippen LogP contribution in [0, 0.1) is 0 Å². The summed E-state index contributed by atoms with van der Waals surface area (Å²) in [7, 11) is -4.04. The topological polar surface area (TPSA) is 118 Å². The predicted octanol–water partition coefficient (Wildman–Crippen LogP) is 5.75. The Hall–Kier alpha value is -4.45. The molecule has 0 aliphatic carbocycles. The maximum atomic E-state index is 13.7. The molecule has 2 N–H and O–H groups in total. The minimum atomic E-state index is -4.60. The number of carbonyl (C=O) groups is 1. The molecule has 1 aliphatic heterocycles. The fourth-order valence-corrected chi connectivity index (χ4v) is 5.82. The minimum Gasteiger partial charge on any atom is -0.493 e. The Kier molecular flexibility index (Phi) is 6.74. The largest absolute Gasteiger partial charge is 0.493 e. The summed E-state index contributed by atoms with van der Waals surface area (Å²) < 4.78 is 75.3. The number of hydrogen-bond acceptors (Lipinski definition) is 6. The summed E-state index contributed by atoms with van der Waals surface area (Å²) in [5, 5.41) is 16.6. The molecule has 4 aromatic rings. The van der Waals surface area contributed by atoms with E-state index in [0.29, 0.717) is 23.1 Å². The molecule has 5 rings (SSSR count). The Balaban J connectivity index is 1.61. The van der Waals surface area contributed by atoms with E-state index in [0.717, 1.165) is 12.1 Å². The highest BCUT2D eigenvalue weighted by Gasteiger charge is 2.39. The van der Waals surface area contributed by atoms with Crippen molar-refractivity contribution in [1.29, 1.82) is 0 Å². The van der Waals surface area contributed by atoms with E-state index in [1.807, 2.05) is 6.92 Å². The highest BCUT2D eigenvalue weighted by molar-refractivity contribution is 7.92. The van der Waals surface area contributed by atoms with Gasteiger partial charge in [0, 0.05) is 23.2 Å². The van der Waals surface area contributed by atoms with Crippen molar-refractivity contribution in [2.24, 2.45) is 0 Å². The van der Waals surface area contributed by atoms with Crippen molar-refractivity contribution in [1.82, 2.24) is 10.2 Å². The molecule has 0 amide bonds. The molecule has 0 unspecified atom stereocenters. The van der Waals surface area contributed by atoms with E-state index >= 15 is 0 Å². The number of aromatic carboxylic acids is 1. The van der Waals surface area contributed by atoms with Gasteiger partial charge in [-0.3, -0.25) is 4.72 Å². The Bertz CT molecular complexity index is 1700. The lowest BCUT2D eigenvalue weighted by Gasteiger charge is -2.38. The minimum absolute atomic E-state index is 0.00346. The Morgan fingerprint density at radius 1 is 1.02 bits per heavy atom. The molecule has 0 spiro atoms. The molecule has 0 bridgehead atoms. The molecular formula is C28H22F3N3O5S. The van der Waals surface area contributed by atoms with Crippen LogP contribution in [-0.4, -0.2) is 36.3 Å². The van der Waals surface area contributed by atoms with Crippen LogP contribution in [-0.2, 0) is 21.6 Å². The monoisotopic (exact) mass is 569 g/mol. The number of anilines is 1. The fraction of sp³-hybridized carbons (Fsp3) is 0.179. The summed E-state index contributed by atoms with van der Waals surface area (Å²) in [6.45, 7) is 2.04. The molecular weight excluding hydrogens is 547 g/mol. The standard InChI is InChI=1S/C28H22F3N3O5S/c1-27(22-10-8-19(28(29,30)31)15-21(22)17-4-6-18(7-5-17)26(35)36)12-14-39-24-16-20(9-11-23(24)27)40(37,38)34-25-3-2-13-32-33-25/h2-11,13,15-16H,12,14H2,1H3,(H,33,34)(H,35,36)/t27-/m0/s1. The lowest BCUT2D eigenvalue weighted by molar-refractivity contribution is -0.137. The smallest absolute Gasteiger partial charge is 0.416 e. The molecule has 1 atom stereocenters. The average molecular weight is 570 g/mol. The molecule has 2 heterocycles. The first-order valence-corrected chi connectivity index (χ1v) is 13.5. The highest BCUT2D eigenvalue weighted by atomic mass is 32.2. The number of rotatable bonds is 6. The van der Waals surface area contributed by atoms with E-state index in [4.69, 9.17) is 4.74 Å². The maximum absolute atomic E-state index is 13.7. The van der Waals surface area contributed by atoms with Crippen LogP contribution in [0.15, 0.2) is 83.9 Å². The lowest BCUT2D eigenvalue weighted by Crippen LogP contribution is -2.32. The van der Waals surface area contributed by atoms with E-state index in [1.165, 1.54) is 60.8 Å². The van der Waals surface area contributed by atoms with E-state index in [1.54, 1.807) is 6.07 Å². The van der Waals surface area contributed by atoms with Crippen LogP contribution in [0.25, 0.3) is 11.1 Å². The van der Waals surface area contributed by atoms with Crippen molar-refractivity contribution >= 4 is 21.8 Å². The number of nitrogens with zero attached hydrogens (tertiary/aromatic N) is 2. The molecule has 0 saturated carbocycles. The van der Waals surface area contributed by atoms with Crippen LogP contribution in [0.5, 0.6) is 5.75 Å². The predicted molar refractivity (Wildman–Crippen MR) is 140 cm³/mol. The molecule has 1 aromatic heterocycles. The number of alkyl halides is 3. The van der Waals surface area contributed by atoms with E-state index in [-0.39, 0.29) is 34.2 Å². The van der Waals surface area contributed by atoms with Gasteiger partial charge < -0.3 is 9.84 Å². The molecule has 1 aliphatic rings. The number of hydrogen-bond donors (Lipinski definition) is 2. The van der Waals surface area contributed by atoms with Crippen molar-refractivity contribution in [3.05, 3.63) is 101 Å². The molecule has 12 heteroatoms. The molecule has 0 fully saturated rings. The summed E-state index contributed by atoms with van der Waals surface area (Å²) in [6, 6.07) is 16.4. The third-order valence-corrected chi connectivity index (χ3v) is 8.27. The van der Waals surface area contributed by atoms with Gasteiger partial charge >= 0.3 is 12.1 Å². The first-order valence-electron chi connectivity index (χ1n) is 12.0. The summed E-state index contributed by atoms with van der Waals surface area (Å²) in [5.74, 6) is -0.835. The quantitative estimate of drug-likeness (QED) is 0.304. The second-order valence-corrected chi connectivity index (χ2v) is 11.1. The van der Waals surface area contributed by atoms with Crippen molar-refractivity contribution in [3.8, 4) is 16.9 Å². The van der Waals surface area contributed by atoms with E-state index in [9.17, 15) is 31.5 Å². The van der Waals surface area contributed by atoms with Gasteiger partial charge in [0.1, 0.15) is 5.75 Å². The Morgan fingerprint density at radius 2 is 1.75 bits per heavy atom. The second-order valence-electron chi connectivity index (χ2n) is 9.44.